The zero-order chi connectivity index (χ0) is 39.8. The molecule has 0 aliphatic heterocycles. The molecular formula is C31H28F14N2O5. The van der Waals surface area contributed by atoms with E-state index in [1.54, 1.807) is 0 Å². The monoisotopic (exact) mass is 774 g/mol. The van der Waals surface area contributed by atoms with E-state index in [0.29, 0.717) is 0 Å². The van der Waals surface area contributed by atoms with Crippen molar-refractivity contribution in [1.82, 2.24) is 10.6 Å². The number of carbonyl (C=O) groups is 3. The number of benzene rings is 2. The van der Waals surface area contributed by atoms with Gasteiger partial charge >= 0.3 is 48.1 Å². The Labute approximate surface area is 284 Å². The Morgan fingerprint density at radius 2 is 1.08 bits per heavy atom. The van der Waals surface area contributed by atoms with Crippen LogP contribution in [0.15, 0.2) is 36.4 Å². The summed E-state index contributed by atoms with van der Waals surface area (Å²) in [6.45, 7) is 1.54. The number of aryl methyl sites for hydroxylation is 2. The number of hydrogen-bond donors (Lipinski definition) is 3. The zero-order valence-electron chi connectivity index (χ0n) is 26.6. The first-order valence-corrected chi connectivity index (χ1v) is 14.9. The number of aliphatic carboxylic acids is 1. The Hall–Kier alpha value is -4.33. The number of fused-ring (bicyclic) bond motifs is 3. The molecule has 290 valence electrons. The molecule has 2 atom stereocenters. The van der Waals surface area contributed by atoms with Gasteiger partial charge < -0.3 is 20.5 Å². The number of nitrogens with one attached hydrogen (secondary N) is 2. The van der Waals surface area contributed by atoms with Gasteiger partial charge in [-0.1, -0.05) is 36.4 Å². The molecule has 2 amide bonds. The van der Waals surface area contributed by atoms with Crippen molar-refractivity contribution in [1.29, 1.82) is 0 Å². The van der Waals surface area contributed by atoms with E-state index >= 15 is 0 Å². The fourth-order valence-electron chi connectivity index (χ4n) is 5.12. The van der Waals surface area contributed by atoms with Crippen molar-refractivity contribution in [2.24, 2.45) is 0 Å². The van der Waals surface area contributed by atoms with Gasteiger partial charge in [-0.2, -0.15) is 61.5 Å². The van der Waals surface area contributed by atoms with E-state index in [1.807, 2.05) is 0 Å². The van der Waals surface area contributed by atoms with Crippen molar-refractivity contribution in [3.8, 4) is 11.1 Å². The lowest BCUT2D eigenvalue weighted by molar-refractivity contribution is -0.355. The summed E-state index contributed by atoms with van der Waals surface area (Å²) >= 11 is 0. The number of carboxylic acid groups (broad SMARTS) is 1. The third-order valence-electron chi connectivity index (χ3n) is 8.20. The van der Waals surface area contributed by atoms with Gasteiger partial charge in [0.15, 0.2) is 0 Å². The number of carbonyl (C=O) groups excluding carboxylic acids is 2. The second kappa shape index (κ2) is 14.6. The van der Waals surface area contributed by atoms with E-state index in [1.165, 1.54) is 12.1 Å². The van der Waals surface area contributed by atoms with Crippen LogP contribution < -0.4 is 10.6 Å². The maximum absolute atomic E-state index is 14.0. The molecule has 0 bridgehead atoms. The molecule has 0 heterocycles. The highest BCUT2D eigenvalue weighted by Gasteiger charge is 2.73. The number of amides is 2. The lowest BCUT2D eigenvalue weighted by atomic mass is 9.93. The second-order valence-corrected chi connectivity index (χ2v) is 12.0. The summed E-state index contributed by atoms with van der Waals surface area (Å²) in [5, 5.41) is 13.1. The van der Waals surface area contributed by atoms with Crippen molar-refractivity contribution >= 4 is 18.0 Å². The molecule has 0 fully saturated rings. The number of ether oxygens (including phenoxy) is 1. The highest BCUT2D eigenvalue weighted by atomic mass is 19.4. The first kappa shape index (κ1) is 42.1. The first-order chi connectivity index (χ1) is 23.5. The van der Waals surface area contributed by atoms with Crippen LogP contribution in [0.25, 0.3) is 11.1 Å². The Morgan fingerprint density at radius 3 is 1.44 bits per heavy atom. The molecule has 52 heavy (non-hydrogen) atoms. The quantitative estimate of drug-likeness (QED) is 0.169. The molecule has 1 aliphatic carbocycles. The first-order valence-electron chi connectivity index (χ1n) is 14.9. The largest absolute Gasteiger partial charge is 0.480 e. The Bertz CT molecular complexity index is 1570. The number of carboxylic acids is 1. The molecule has 0 radical (unpaired) electrons. The molecule has 7 nitrogen and oxygen atoms in total. The third-order valence-corrected chi connectivity index (χ3v) is 8.20. The average molecular weight is 775 g/mol. The van der Waals surface area contributed by atoms with Gasteiger partial charge in [0.1, 0.15) is 18.7 Å². The summed E-state index contributed by atoms with van der Waals surface area (Å²) in [7, 11) is 0. The van der Waals surface area contributed by atoms with Gasteiger partial charge in [-0.15, -0.1) is 0 Å². The molecule has 0 spiro atoms. The van der Waals surface area contributed by atoms with E-state index in [-0.39, 0.29) is 33.4 Å². The fraction of sp³-hybridized carbons (Fsp3) is 0.516. The van der Waals surface area contributed by atoms with E-state index in [2.05, 4.69) is 10.6 Å². The van der Waals surface area contributed by atoms with Crippen LogP contribution in [0.5, 0.6) is 0 Å². The van der Waals surface area contributed by atoms with Crippen LogP contribution in [0.1, 0.15) is 54.9 Å². The van der Waals surface area contributed by atoms with Crippen LogP contribution in [0.2, 0.25) is 0 Å². The molecule has 21 heteroatoms. The van der Waals surface area contributed by atoms with Gasteiger partial charge in [0.05, 0.1) is 0 Å². The topological polar surface area (TPSA) is 105 Å². The molecule has 0 saturated heterocycles. The number of alkyl halides is 14. The molecule has 1 aliphatic rings. The van der Waals surface area contributed by atoms with E-state index in [4.69, 9.17) is 9.84 Å². The third kappa shape index (κ3) is 8.65. The SMILES string of the molecule is C[C@H](NC(=O)[C@H](C)NC(=O)OCC1c2cc(CCC(F)(F)C(F)(F)C(F)(F)F)ccc2-c2ccc(CCC(F)(F)C(F)(F)C(F)(F)F)cc21)C(=O)O. The summed E-state index contributed by atoms with van der Waals surface area (Å²) < 4.78 is 191. The zero-order valence-corrected chi connectivity index (χ0v) is 26.6. The fourth-order valence-corrected chi connectivity index (χ4v) is 5.12. The lowest BCUT2D eigenvalue weighted by Crippen LogP contribution is -2.52. The molecule has 0 unspecified atom stereocenters. The predicted molar refractivity (Wildman–Crippen MR) is 151 cm³/mol. The minimum absolute atomic E-state index is 0.0818. The van der Waals surface area contributed by atoms with E-state index in [0.717, 1.165) is 38.1 Å². The standard InChI is InChI=1S/C31H28F14N2O5/c1-14(23(48)46-15(2)24(49)50)47-25(51)52-13-22-20-11-16(7-9-26(32,33)28(36,37)30(40,41)42)3-5-18(20)19-6-4-17(12-21(19)22)8-10-27(34,35)29(38,39)31(43,44)45/h3-6,11-12,14-15,22H,7-10,13H2,1-2H3,(H,46,48)(H,47,51)(H,49,50)/t14-,15-/m0/s1. The normalized spacial score (nSPS) is 15.4. The molecular weight excluding hydrogens is 746 g/mol. The average Bonchev–Trinajstić information content (AvgIpc) is 3.32. The highest BCUT2D eigenvalue weighted by molar-refractivity contribution is 5.88. The molecule has 0 aromatic heterocycles. The summed E-state index contributed by atoms with van der Waals surface area (Å²) in [6, 6.07) is 4.13. The number of rotatable bonds is 14. The van der Waals surface area contributed by atoms with Crippen molar-refractivity contribution in [3.05, 3.63) is 58.7 Å². The van der Waals surface area contributed by atoms with Crippen molar-refractivity contribution in [2.45, 2.75) is 93.6 Å². The van der Waals surface area contributed by atoms with Crippen molar-refractivity contribution in [2.75, 3.05) is 6.61 Å². The van der Waals surface area contributed by atoms with Crippen LogP contribution in [0.4, 0.5) is 66.3 Å². The van der Waals surface area contributed by atoms with Gasteiger partial charge in [0.25, 0.3) is 0 Å². The minimum Gasteiger partial charge on any atom is -0.480 e. The van der Waals surface area contributed by atoms with Gasteiger partial charge in [-0.05, 0) is 60.1 Å². The molecule has 3 rings (SSSR count). The lowest BCUT2D eigenvalue weighted by Gasteiger charge is -2.28. The summed E-state index contributed by atoms with van der Waals surface area (Å²) in [4.78, 5) is 35.7. The Morgan fingerprint density at radius 1 is 0.673 bits per heavy atom. The molecule has 3 N–H and O–H groups in total. The van der Waals surface area contributed by atoms with Crippen molar-refractivity contribution < 1.29 is 85.7 Å². The Balaban J connectivity index is 1.91. The minimum atomic E-state index is -6.57. The van der Waals surface area contributed by atoms with Gasteiger partial charge in [0.2, 0.25) is 5.91 Å². The van der Waals surface area contributed by atoms with Gasteiger partial charge in [-0.25, -0.2) is 4.79 Å². The number of hydrogen-bond acceptors (Lipinski definition) is 4. The van der Waals surface area contributed by atoms with Crippen LogP contribution in [0.3, 0.4) is 0 Å². The van der Waals surface area contributed by atoms with E-state index < -0.39 is 104 Å². The van der Waals surface area contributed by atoms with E-state index in [9.17, 15) is 75.8 Å². The van der Waals surface area contributed by atoms with Crippen LogP contribution in [0, 0.1) is 0 Å². The van der Waals surface area contributed by atoms with Crippen LogP contribution in [-0.4, -0.2) is 77.8 Å². The van der Waals surface area contributed by atoms with Gasteiger partial charge in [0, 0.05) is 18.8 Å². The number of halogens is 14. The predicted octanol–water partition coefficient (Wildman–Crippen LogP) is 8.03. The molecule has 2 aromatic rings. The highest BCUT2D eigenvalue weighted by Crippen LogP contribution is 2.51. The second-order valence-electron chi connectivity index (χ2n) is 12.0. The summed E-state index contributed by atoms with van der Waals surface area (Å²) in [6.07, 6.45) is -20.5. The van der Waals surface area contributed by atoms with Crippen LogP contribution in [-0.2, 0) is 27.2 Å². The summed E-state index contributed by atoms with van der Waals surface area (Å²) in [5.41, 5.74) is 0.222. The smallest absolute Gasteiger partial charge is 0.459 e. The summed E-state index contributed by atoms with van der Waals surface area (Å²) in [5.74, 6) is -27.4. The Kier molecular flexibility index (Phi) is 11.8. The van der Waals surface area contributed by atoms with Crippen molar-refractivity contribution in [3.63, 3.8) is 0 Å². The van der Waals surface area contributed by atoms with Gasteiger partial charge in [-0.3, -0.25) is 9.59 Å². The van der Waals surface area contributed by atoms with Crippen LogP contribution >= 0.6 is 0 Å². The number of alkyl carbamates (subject to hydrolysis) is 1. The molecule has 0 saturated carbocycles. The maximum Gasteiger partial charge on any atom is 0.459 e. The molecule has 2 aromatic carbocycles. The maximum atomic E-state index is 14.0.